The molecule has 0 aromatic carbocycles. The summed E-state index contributed by atoms with van der Waals surface area (Å²) in [5.74, 6) is -4.00. The second-order valence-corrected chi connectivity index (χ2v) is 6.01. The van der Waals surface area contributed by atoms with Crippen molar-refractivity contribution in [1.82, 2.24) is 10.6 Å². The summed E-state index contributed by atoms with van der Waals surface area (Å²) in [5, 5.41) is 25.1. The van der Waals surface area contributed by atoms with Gasteiger partial charge < -0.3 is 0 Å². The third-order valence-electron chi connectivity index (χ3n) is 2.28. The third-order valence-corrected chi connectivity index (χ3v) is 3.60. The molecule has 0 saturated carbocycles. The maximum absolute atomic E-state index is 11.6. The van der Waals surface area contributed by atoms with Gasteiger partial charge in [-0.15, -0.1) is 0 Å². The Kier molecular flexibility index (Phi) is 9.80. The quantitative estimate of drug-likeness (QED) is 0.316. The zero-order chi connectivity index (χ0) is 16.4. The van der Waals surface area contributed by atoms with Crippen LogP contribution in [0.2, 0.25) is 0 Å². The van der Waals surface area contributed by atoms with Gasteiger partial charge in [0, 0.05) is 0 Å². The van der Waals surface area contributed by atoms with Gasteiger partial charge >= 0.3 is 132 Å². The second kappa shape index (κ2) is 10.4. The van der Waals surface area contributed by atoms with Gasteiger partial charge in [-0.25, -0.2) is 0 Å². The van der Waals surface area contributed by atoms with Crippen LogP contribution in [0, 0.1) is 0 Å². The molecular weight excluding hydrogens is 369 g/mol. The van der Waals surface area contributed by atoms with E-state index in [2.05, 4.69) is 25.5 Å². The zero-order valence-electron chi connectivity index (χ0n) is 10.8. The topological polar surface area (TPSA) is 164 Å². The standard InChI is InChI=1S/C10H16N3O6SSe/c11-5(10(18)19)1-2-7(14)13-6(4-20-21)9(17)12-3-8(15)16/h5-6H,1-4,11H2,(H,12,17)(H,13,14)(H,15,16)(H,18,19)/q+1/p-2. The van der Waals surface area contributed by atoms with Gasteiger partial charge in [-0.1, -0.05) is 0 Å². The number of carboxylic acid groups (broad SMARTS) is 2. The van der Waals surface area contributed by atoms with Crippen molar-refractivity contribution in [2.45, 2.75) is 24.9 Å². The van der Waals surface area contributed by atoms with Crippen molar-refractivity contribution in [1.29, 1.82) is 0 Å². The summed E-state index contributed by atoms with van der Waals surface area (Å²) < 4.78 is 0. The molecule has 2 atom stereocenters. The fraction of sp³-hybridized carbons (Fsp3) is 0.600. The number of carboxylic acids is 2. The minimum atomic E-state index is -1.47. The average Bonchev–Trinajstić information content (AvgIpc) is 2.41. The fourth-order valence-electron chi connectivity index (χ4n) is 1.20. The Labute approximate surface area is 132 Å². The number of aliphatic carboxylic acids is 2. The van der Waals surface area contributed by atoms with Crippen LogP contribution in [-0.4, -0.2) is 63.0 Å². The van der Waals surface area contributed by atoms with Gasteiger partial charge in [-0.3, -0.25) is 0 Å². The van der Waals surface area contributed by atoms with Crippen LogP contribution in [-0.2, 0) is 19.2 Å². The number of carbonyl (C=O) groups is 4. The Morgan fingerprint density at radius 2 is 1.86 bits per heavy atom. The molecule has 2 radical (unpaired) electrons. The number of amides is 2. The van der Waals surface area contributed by atoms with E-state index < -0.39 is 42.4 Å². The summed E-state index contributed by atoms with van der Waals surface area (Å²) in [6.07, 6.45) is -0.329. The summed E-state index contributed by atoms with van der Waals surface area (Å²) in [6.45, 7) is -0.668. The molecule has 0 aliphatic carbocycles. The van der Waals surface area contributed by atoms with E-state index >= 15 is 0 Å². The van der Waals surface area contributed by atoms with Gasteiger partial charge in [0.05, 0.1) is 0 Å². The Bertz CT molecular complexity index is 408. The van der Waals surface area contributed by atoms with Crippen LogP contribution in [0.15, 0.2) is 0 Å². The molecule has 0 spiro atoms. The first-order chi connectivity index (χ1) is 9.77. The van der Waals surface area contributed by atoms with Gasteiger partial charge in [0.2, 0.25) is 0 Å². The van der Waals surface area contributed by atoms with E-state index in [4.69, 9.17) is 5.73 Å². The van der Waals surface area contributed by atoms with Crippen LogP contribution >= 0.6 is 10.2 Å². The molecule has 0 rings (SSSR count). The van der Waals surface area contributed by atoms with Crippen molar-refractivity contribution < 1.29 is 35.1 Å². The molecule has 0 aromatic heterocycles. The van der Waals surface area contributed by atoms with E-state index in [1.807, 2.05) is 0 Å². The van der Waals surface area contributed by atoms with E-state index in [1.54, 1.807) is 0 Å². The Morgan fingerprint density at radius 3 is 2.33 bits per heavy atom. The van der Waals surface area contributed by atoms with Gasteiger partial charge in [0.25, 0.3) is 0 Å². The number of carbonyl (C=O) groups excluding carboxylic acids is 4. The molecule has 2 unspecified atom stereocenters. The number of nitrogens with two attached hydrogens (primary N) is 1. The first-order valence-corrected chi connectivity index (χ1v) is 8.77. The predicted octanol–water partition coefficient (Wildman–Crippen LogP) is -5.92. The maximum atomic E-state index is 11.6. The summed E-state index contributed by atoms with van der Waals surface area (Å²) in [4.78, 5) is 43.9. The molecule has 0 heterocycles. The Hall–Kier alpha value is -1.29. The van der Waals surface area contributed by atoms with Gasteiger partial charge in [0.15, 0.2) is 0 Å². The van der Waals surface area contributed by atoms with E-state index in [-0.39, 0.29) is 18.6 Å². The predicted molar refractivity (Wildman–Crippen MR) is 68.1 cm³/mol. The number of nitrogens with one attached hydrogen (secondary N) is 2. The van der Waals surface area contributed by atoms with Gasteiger partial charge in [-0.2, -0.15) is 0 Å². The summed E-state index contributed by atoms with van der Waals surface area (Å²) in [5.41, 5.74) is 5.19. The van der Waals surface area contributed by atoms with E-state index in [1.165, 1.54) is 0 Å². The van der Waals surface area contributed by atoms with Crippen molar-refractivity contribution in [3.63, 3.8) is 0 Å². The summed E-state index contributed by atoms with van der Waals surface area (Å²) in [6, 6.07) is -2.22. The first-order valence-electron chi connectivity index (χ1n) is 5.76. The molecule has 0 aromatic rings. The molecule has 118 valence electrons. The van der Waals surface area contributed by atoms with E-state index in [0.717, 1.165) is 10.2 Å². The molecule has 0 aliphatic heterocycles. The van der Waals surface area contributed by atoms with Crippen LogP contribution in [0.5, 0.6) is 0 Å². The van der Waals surface area contributed by atoms with Crippen LogP contribution in [0.25, 0.3) is 0 Å². The molecule has 0 aliphatic rings. The van der Waals surface area contributed by atoms with Crippen LogP contribution < -0.4 is 26.6 Å². The summed E-state index contributed by atoms with van der Waals surface area (Å²) in [7, 11) is 1.15. The second-order valence-electron chi connectivity index (χ2n) is 3.96. The van der Waals surface area contributed by atoms with Crippen LogP contribution in [0.4, 0.5) is 0 Å². The van der Waals surface area contributed by atoms with E-state index in [0.29, 0.717) is 0 Å². The molecule has 21 heavy (non-hydrogen) atoms. The molecule has 4 N–H and O–H groups in total. The molecule has 9 nitrogen and oxygen atoms in total. The Morgan fingerprint density at radius 1 is 1.24 bits per heavy atom. The van der Waals surface area contributed by atoms with Crippen molar-refractivity contribution in [3.05, 3.63) is 0 Å². The first kappa shape index (κ1) is 19.7. The zero-order valence-corrected chi connectivity index (χ0v) is 13.4. The molecule has 0 bridgehead atoms. The Balaban J connectivity index is 4.35. The van der Waals surface area contributed by atoms with Crippen LogP contribution in [0.3, 0.4) is 0 Å². The van der Waals surface area contributed by atoms with Gasteiger partial charge in [0.1, 0.15) is 0 Å². The minimum absolute atomic E-state index is 0.132. The van der Waals surface area contributed by atoms with E-state index in [9.17, 15) is 29.4 Å². The number of hydrogen-bond acceptors (Lipinski definition) is 8. The van der Waals surface area contributed by atoms with Crippen molar-refractivity contribution in [2.24, 2.45) is 0 Å². The molecular formula is C10H14N3O6SSe-. The van der Waals surface area contributed by atoms with Crippen molar-refractivity contribution in [2.75, 3.05) is 12.3 Å². The van der Waals surface area contributed by atoms with Crippen LogP contribution in [0.1, 0.15) is 12.8 Å². The van der Waals surface area contributed by atoms with Gasteiger partial charge in [-0.05, 0) is 0 Å². The van der Waals surface area contributed by atoms with Crippen molar-refractivity contribution >= 4 is 48.8 Å². The third kappa shape index (κ3) is 9.29. The molecule has 0 saturated heterocycles. The monoisotopic (exact) mass is 384 g/mol. The summed E-state index contributed by atoms with van der Waals surface area (Å²) >= 11 is 2.58. The fourth-order valence-corrected chi connectivity index (χ4v) is 2.43. The molecule has 2 amide bonds. The van der Waals surface area contributed by atoms with Crippen molar-refractivity contribution in [3.8, 4) is 0 Å². The number of hydrogen-bond donors (Lipinski definition) is 3. The molecule has 0 fully saturated rings. The average molecular weight is 383 g/mol. The number of rotatable bonds is 10. The SMILES string of the molecule is [NH2+]C(CCC(=O)NC(CS[Se])C(=O)NCC(=O)[O-])C(=O)[O-]. The molecule has 11 heteroatoms. The normalized spacial score (nSPS) is 13.0.